The number of rotatable bonds is 6. The number of hydrogen-bond acceptors (Lipinski definition) is 3. The maximum absolute atomic E-state index is 13.3. The van der Waals surface area contributed by atoms with Gasteiger partial charge in [0.05, 0.1) is 11.1 Å². The number of hydrogen-bond donors (Lipinski definition) is 1. The number of alkyl halides is 6. The van der Waals surface area contributed by atoms with E-state index in [-0.39, 0.29) is 16.8 Å². The van der Waals surface area contributed by atoms with Crippen molar-refractivity contribution in [2.75, 3.05) is 6.61 Å². The van der Waals surface area contributed by atoms with Crippen molar-refractivity contribution in [1.29, 1.82) is 0 Å². The number of aliphatic hydroxyl groups excluding tert-OH is 1. The Hall–Kier alpha value is -3.18. The molecule has 0 aliphatic carbocycles. The average molecular weight is 521 g/mol. The van der Waals surface area contributed by atoms with Crippen LogP contribution in [0, 0.1) is 5.82 Å². The van der Waals surface area contributed by atoms with E-state index in [1.807, 2.05) is 0 Å². The smallest absolute Gasteiger partial charge is 0.387 e. The monoisotopic (exact) mass is 520 g/mol. The summed E-state index contributed by atoms with van der Waals surface area (Å²) in [4.78, 5) is 17.2. The fraction of sp³-hybridized carbons (Fsp3) is 0.217. The van der Waals surface area contributed by atoms with Gasteiger partial charge in [-0.15, -0.1) is 0 Å². The van der Waals surface area contributed by atoms with Crippen molar-refractivity contribution in [3.63, 3.8) is 0 Å². The molecule has 35 heavy (non-hydrogen) atoms. The van der Waals surface area contributed by atoms with E-state index in [1.165, 1.54) is 36.5 Å². The van der Waals surface area contributed by atoms with Crippen LogP contribution >= 0.6 is 11.6 Å². The summed E-state index contributed by atoms with van der Waals surface area (Å²) in [6.07, 6.45) is -8.79. The van der Waals surface area contributed by atoms with E-state index in [0.717, 1.165) is 4.90 Å². The summed E-state index contributed by atoms with van der Waals surface area (Å²) in [5.41, 5.74) is -2.46. The van der Waals surface area contributed by atoms with Crippen molar-refractivity contribution >= 4 is 17.5 Å². The van der Waals surface area contributed by atoms with Gasteiger partial charge in [0.25, 0.3) is 0 Å². The first-order chi connectivity index (χ1) is 16.3. The zero-order valence-corrected chi connectivity index (χ0v) is 18.3. The summed E-state index contributed by atoms with van der Waals surface area (Å²) in [6.45, 7) is -2.16. The highest BCUT2D eigenvalue weighted by Crippen LogP contribution is 2.37. The van der Waals surface area contributed by atoms with Crippen LogP contribution in [-0.2, 0) is 30.2 Å². The van der Waals surface area contributed by atoms with Gasteiger partial charge in [0.1, 0.15) is 17.6 Å². The quantitative estimate of drug-likeness (QED) is 0.316. The highest BCUT2D eigenvalue weighted by Gasteiger charge is 2.37. The molecule has 0 atom stereocenters. The standard InChI is InChI=1S/C23H16ClF7N2O2/c24-21-19(18(5-6-32-21)14-1-3-17(25)4-2-14)11-33(20(35)12-34)10-13-7-15(22(26,27)28)9-16(8-13)23(29,30)31/h1-9,34H,10-12H2. The number of aromatic nitrogens is 1. The zero-order chi connectivity index (χ0) is 26.0. The molecule has 0 fully saturated rings. The van der Waals surface area contributed by atoms with E-state index in [1.54, 1.807) is 0 Å². The maximum Gasteiger partial charge on any atom is 0.416 e. The van der Waals surface area contributed by atoms with Gasteiger partial charge in [0.2, 0.25) is 5.91 Å². The van der Waals surface area contributed by atoms with Crippen molar-refractivity contribution in [1.82, 2.24) is 9.88 Å². The lowest BCUT2D eigenvalue weighted by atomic mass is 10.0. The molecule has 3 rings (SSSR count). The van der Waals surface area contributed by atoms with Gasteiger partial charge in [-0.1, -0.05) is 23.7 Å². The van der Waals surface area contributed by atoms with Crippen molar-refractivity contribution < 1.29 is 40.6 Å². The number of aliphatic hydroxyl groups is 1. The summed E-state index contributed by atoms with van der Waals surface area (Å²) >= 11 is 6.19. The molecule has 0 saturated carbocycles. The molecule has 0 aliphatic rings. The molecule has 12 heteroatoms. The number of pyridine rings is 1. The van der Waals surface area contributed by atoms with E-state index in [0.29, 0.717) is 23.3 Å². The molecule has 1 heterocycles. The van der Waals surface area contributed by atoms with Gasteiger partial charge in [-0.3, -0.25) is 4.79 Å². The fourth-order valence-corrected chi connectivity index (χ4v) is 3.59. The number of benzene rings is 2. The Morgan fingerprint density at radius 1 is 0.914 bits per heavy atom. The summed E-state index contributed by atoms with van der Waals surface area (Å²) in [6, 6.07) is 7.67. The van der Waals surface area contributed by atoms with E-state index < -0.39 is 60.5 Å². The van der Waals surface area contributed by atoms with Crippen LogP contribution in [0.3, 0.4) is 0 Å². The molecular weight excluding hydrogens is 505 g/mol. The molecule has 4 nitrogen and oxygen atoms in total. The van der Waals surface area contributed by atoms with Crippen LogP contribution in [0.4, 0.5) is 30.7 Å². The molecule has 0 spiro atoms. The molecule has 1 N–H and O–H groups in total. The average Bonchev–Trinajstić information content (AvgIpc) is 2.78. The minimum Gasteiger partial charge on any atom is -0.387 e. The Morgan fingerprint density at radius 2 is 1.49 bits per heavy atom. The lowest BCUT2D eigenvalue weighted by Gasteiger charge is -2.25. The van der Waals surface area contributed by atoms with Gasteiger partial charge >= 0.3 is 12.4 Å². The molecular formula is C23H16ClF7N2O2. The van der Waals surface area contributed by atoms with E-state index in [2.05, 4.69) is 4.98 Å². The highest BCUT2D eigenvalue weighted by molar-refractivity contribution is 6.30. The van der Waals surface area contributed by atoms with Crippen molar-refractivity contribution in [3.8, 4) is 11.1 Å². The van der Waals surface area contributed by atoms with Crippen molar-refractivity contribution in [3.05, 3.63) is 88.0 Å². The molecule has 2 aromatic carbocycles. The first-order valence-corrected chi connectivity index (χ1v) is 10.2. The topological polar surface area (TPSA) is 53.4 Å². The van der Waals surface area contributed by atoms with Gasteiger partial charge in [-0.2, -0.15) is 26.3 Å². The molecule has 0 unspecified atom stereocenters. The second kappa shape index (κ2) is 10.2. The second-order valence-electron chi connectivity index (χ2n) is 7.46. The number of halogens is 8. The lowest BCUT2D eigenvalue weighted by Crippen LogP contribution is -2.33. The molecule has 0 aliphatic heterocycles. The third-order valence-corrected chi connectivity index (χ3v) is 5.34. The zero-order valence-electron chi connectivity index (χ0n) is 17.6. The van der Waals surface area contributed by atoms with Crippen LogP contribution in [0.5, 0.6) is 0 Å². The third kappa shape index (κ3) is 6.49. The van der Waals surface area contributed by atoms with Crippen LogP contribution < -0.4 is 0 Å². The largest absolute Gasteiger partial charge is 0.416 e. The Labute approximate surface area is 199 Å². The molecule has 3 aromatic rings. The molecule has 1 aromatic heterocycles. The molecule has 0 radical (unpaired) electrons. The molecule has 186 valence electrons. The van der Waals surface area contributed by atoms with Crippen molar-refractivity contribution in [2.45, 2.75) is 25.4 Å². The third-order valence-electron chi connectivity index (χ3n) is 5.02. The van der Waals surface area contributed by atoms with Gasteiger partial charge in [-0.05, 0) is 53.1 Å². The molecule has 0 bridgehead atoms. The molecule has 1 amide bonds. The van der Waals surface area contributed by atoms with Crippen LogP contribution in [0.1, 0.15) is 22.3 Å². The number of carbonyl (C=O) groups is 1. The molecule has 0 saturated heterocycles. The Morgan fingerprint density at radius 3 is 2.00 bits per heavy atom. The summed E-state index contributed by atoms with van der Waals surface area (Å²) in [5, 5.41) is 9.28. The first-order valence-electron chi connectivity index (χ1n) is 9.86. The van der Waals surface area contributed by atoms with Gasteiger partial charge < -0.3 is 10.0 Å². The number of amides is 1. The predicted molar refractivity (Wildman–Crippen MR) is 112 cm³/mol. The number of nitrogens with zero attached hydrogens (tertiary/aromatic N) is 2. The van der Waals surface area contributed by atoms with Crippen LogP contribution in [-0.4, -0.2) is 27.5 Å². The normalized spacial score (nSPS) is 12.0. The van der Waals surface area contributed by atoms with Gasteiger partial charge in [-0.25, -0.2) is 9.37 Å². The Balaban J connectivity index is 2.04. The Kier molecular flexibility index (Phi) is 7.71. The summed E-state index contributed by atoms with van der Waals surface area (Å²) < 4.78 is 92.7. The minimum absolute atomic E-state index is 0.0215. The second-order valence-corrected chi connectivity index (χ2v) is 7.81. The van der Waals surface area contributed by atoms with E-state index in [4.69, 9.17) is 11.6 Å². The van der Waals surface area contributed by atoms with Crippen molar-refractivity contribution in [2.24, 2.45) is 0 Å². The van der Waals surface area contributed by atoms with Crippen LogP contribution in [0.25, 0.3) is 11.1 Å². The van der Waals surface area contributed by atoms with Gasteiger partial charge in [0.15, 0.2) is 0 Å². The Bertz CT molecular complexity index is 1180. The van der Waals surface area contributed by atoms with Gasteiger partial charge in [0, 0.05) is 24.8 Å². The fourth-order valence-electron chi connectivity index (χ4n) is 3.37. The predicted octanol–water partition coefficient (Wildman–Crippen LogP) is 6.10. The number of carbonyl (C=O) groups excluding carboxylic acids is 1. The summed E-state index contributed by atoms with van der Waals surface area (Å²) in [5.74, 6) is -1.49. The lowest BCUT2D eigenvalue weighted by molar-refractivity contribution is -0.143. The summed E-state index contributed by atoms with van der Waals surface area (Å²) in [7, 11) is 0. The first kappa shape index (κ1) is 26.4. The van der Waals surface area contributed by atoms with Crippen LogP contribution in [0.2, 0.25) is 5.15 Å². The van der Waals surface area contributed by atoms with Crippen LogP contribution in [0.15, 0.2) is 54.7 Å². The van der Waals surface area contributed by atoms with E-state index in [9.17, 15) is 40.6 Å². The van der Waals surface area contributed by atoms with E-state index >= 15 is 0 Å². The SMILES string of the molecule is O=C(CO)N(Cc1cc(C(F)(F)F)cc(C(F)(F)F)c1)Cc1c(-c2ccc(F)cc2)ccnc1Cl. The highest BCUT2D eigenvalue weighted by atomic mass is 35.5. The maximum atomic E-state index is 13.3. The minimum atomic E-state index is -5.07.